The van der Waals surface area contributed by atoms with Gasteiger partial charge in [-0.05, 0) is 60.7 Å². The summed E-state index contributed by atoms with van der Waals surface area (Å²) in [5.41, 5.74) is 4.19. The van der Waals surface area contributed by atoms with Gasteiger partial charge in [0, 0.05) is 51.8 Å². The molecule has 8 nitrogen and oxygen atoms in total. The molecule has 0 bridgehead atoms. The number of benzene rings is 2. The summed E-state index contributed by atoms with van der Waals surface area (Å²) in [6.45, 7) is 0. The molecule has 0 unspecified atom stereocenters. The van der Waals surface area contributed by atoms with Crippen LogP contribution in [-0.2, 0) is 14.1 Å². The first-order valence-electron chi connectivity index (χ1n) is 12.1. The number of carbonyl (C=O) groups excluding carboxylic acids is 2. The third-order valence-electron chi connectivity index (χ3n) is 6.52. The van der Waals surface area contributed by atoms with E-state index in [1.165, 1.54) is 0 Å². The van der Waals surface area contributed by atoms with Crippen LogP contribution in [0.2, 0.25) is 0 Å². The molecule has 2 aromatic carbocycles. The van der Waals surface area contributed by atoms with Crippen LogP contribution in [0.1, 0.15) is 21.0 Å². The summed E-state index contributed by atoms with van der Waals surface area (Å²) >= 11 is 0. The van der Waals surface area contributed by atoms with Crippen LogP contribution in [0.3, 0.4) is 0 Å². The van der Waals surface area contributed by atoms with Crippen LogP contribution in [-0.4, -0.2) is 21.8 Å². The number of carbonyl (C=O) groups is 2. The Kier molecular flexibility index (Phi) is 5.69. The van der Waals surface area contributed by atoms with E-state index < -0.39 is 0 Å². The molecule has 2 amide bonds. The smallest absolute Gasteiger partial charge is 0.274 e. The van der Waals surface area contributed by atoms with Gasteiger partial charge in [0.25, 0.3) is 11.8 Å². The maximum absolute atomic E-state index is 13.0. The normalized spacial score (nSPS) is 11.1. The van der Waals surface area contributed by atoms with E-state index in [-0.39, 0.29) is 23.2 Å². The second-order valence-electron chi connectivity index (χ2n) is 9.13. The number of aryl methyl sites for hydroxylation is 2. The van der Waals surface area contributed by atoms with Crippen LogP contribution >= 0.6 is 0 Å². The minimum atomic E-state index is -0.354. The van der Waals surface area contributed by atoms with E-state index in [1.807, 2.05) is 96.3 Å². The summed E-state index contributed by atoms with van der Waals surface area (Å²) in [5, 5.41) is 8.56. The fourth-order valence-corrected chi connectivity index (χ4v) is 4.53. The molecule has 0 spiro atoms. The van der Waals surface area contributed by atoms with E-state index in [0.29, 0.717) is 17.0 Å². The zero-order valence-electron chi connectivity index (χ0n) is 20.8. The van der Waals surface area contributed by atoms with Gasteiger partial charge in [-0.1, -0.05) is 0 Å². The van der Waals surface area contributed by atoms with E-state index in [2.05, 4.69) is 20.6 Å². The van der Waals surface area contributed by atoms with Crippen molar-refractivity contribution in [3.05, 3.63) is 109 Å². The third kappa shape index (κ3) is 4.39. The van der Waals surface area contributed by atoms with Crippen LogP contribution in [0.5, 0.6) is 0 Å². The number of hydrogen-bond acceptors (Lipinski definition) is 4. The average Bonchev–Trinajstić information content (AvgIpc) is 2.92. The molecule has 0 aliphatic heterocycles. The molecule has 2 N–H and O–H groups in total. The minimum Gasteiger partial charge on any atom is -0.321 e. The number of nitrogens with zero attached hydrogens (tertiary/aromatic N) is 4. The van der Waals surface area contributed by atoms with Crippen molar-refractivity contribution in [1.82, 2.24) is 9.97 Å². The molecule has 38 heavy (non-hydrogen) atoms. The average molecular weight is 501 g/mol. The second kappa shape index (κ2) is 9.33. The van der Waals surface area contributed by atoms with Gasteiger partial charge >= 0.3 is 0 Å². The maximum atomic E-state index is 13.0. The Bertz CT molecular complexity index is 1770. The Balaban J connectivity index is 1.23. The standard InChI is InChI=1S/C30H22N6O2/c1-35-15-3-5-20-17-22(9-13-26(20)35)31-29(37)24-11-7-19-8-12-25(34-28(19)33-24)30(38)32-23-10-14-27-21(18-23)6-4-16-36(27)2/h3-18H,1-2H3/p+2. The predicted molar refractivity (Wildman–Crippen MR) is 146 cm³/mol. The topological polar surface area (TPSA) is 91.7 Å². The Morgan fingerprint density at radius 3 is 1.55 bits per heavy atom. The van der Waals surface area contributed by atoms with E-state index in [0.717, 1.165) is 27.2 Å². The van der Waals surface area contributed by atoms with Crippen LogP contribution in [0.4, 0.5) is 11.4 Å². The van der Waals surface area contributed by atoms with Gasteiger partial charge in [-0.25, -0.2) is 19.1 Å². The molecular weight excluding hydrogens is 476 g/mol. The lowest BCUT2D eigenvalue weighted by Crippen LogP contribution is -2.27. The number of amides is 2. The van der Waals surface area contributed by atoms with Crippen LogP contribution in [0.25, 0.3) is 32.8 Å². The quantitative estimate of drug-likeness (QED) is 0.357. The van der Waals surface area contributed by atoms with E-state index in [4.69, 9.17) is 0 Å². The van der Waals surface area contributed by atoms with Crippen molar-refractivity contribution in [3.8, 4) is 0 Å². The molecule has 6 rings (SSSR count). The summed E-state index contributed by atoms with van der Waals surface area (Å²) in [6.07, 6.45) is 3.95. The molecule has 4 aromatic heterocycles. The molecular formula is C30H24N6O2+2. The van der Waals surface area contributed by atoms with Gasteiger partial charge in [0.05, 0.1) is 0 Å². The first-order chi connectivity index (χ1) is 18.4. The van der Waals surface area contributed by atoms with Gasteiger partial charge in [-0.2, -0.15) is 0 Å². The van der Waals surface area contributed by atoms with E-state index in [1.54, 1.807) is 24.3 Å². The Hall–Kier alpha value is -5.24. The summed E-state index contributed by atoms with van der Waals surface area (Å²) in [4.78, 5) is 34.8. The monoisotopic (exact) mass is 500 g/mol. The molecule has 0 aliphatic carbocycles. The third-order valence-corrected chi connectivity index (χ3v) is 6.52. The van der Waals surface area contributed by atoms with Gasteiger partial charge in [-0.3, -0.25) is 9.59 Å². The van der Waals surface area contributed by atoms with Gasteiger partial charge < -0.3 is 10.6 Å². The number of aromatic nitrogens is 4. The van der Waals surface area contributed by atoms with Gasteiger partial charge in [0.1, 0.15) is 25.5 Å². The minimum absolute atomic E-state index is 0.212. The van der Waals surface area contributed by atoms with Crippen LogP contribution < -0.4 is 19.8 Å². The highest BCUT2D eigenvalue weighted by Crippen LogP contribution is 2.19. The first-order valence-corrected chi connectivity index (χ1v) is 12.1. The first kappa shape index (κ1) is 23.2. The molecule has 6 aromatic rings. The van der Waals surface area contributed by atoms with Crippen LogP contribution in [0.15, 0.2) is 97.3 Å². The molecule has 0 fully saturated rings. The predicted octanol–water partition coefficient (Wildman–Crippen LogP) is 4.09. The van der Waals surface area contributed by atoms with Crippen LogP contribution in [0, 0.1) is 0 Å². The summed E-state index contributed by atoms with van der Waals surface area (Å²) in [6, 6.07) is 26.2. The summed E-state index contributed by atoms with van der Waals surface area (Å²) < 4.78 is 4.04. The maximum Gasteiger partial charge on any atom is 0.274 e. The lowest BCUT2D eigenvalue weighted by Gasteiger charge is -2.08. The van der Waals surface area contributed by atoms with Gasteiger partial charge in [0.2, 0.25) is 11.0 Å². The molecule has 0 aliphatic rings. The Morgan fingerprint density at radius 1 is 0.605 bits per heavy atom. The highest BCUT2D eigenvalue weighted by Gasteiger charge is 2.14. The van der Waals surface area contributed by atoms with Crippen molar-refractivity contribution in [2.24, 2.45) is 14.1 Å². The van der Waals surface area contributed by atoms with Gasteiger partial charge in [-0.15, -0.1) is 0 Å². The van der Waals surface area contributed by atoms with E-state index in [9.17, 15) is 9.59 Å². The number of anilines is 2. The molecule has 8 heteroatoms. The molecule has 0 atom stereocenters. The van der Waals surface area contributed by atoms with Crippen molar-refractivity contribution in [2.75, 3.05) is 10.6 Å². The lowest BCUT2D eigenvalue weighted by molar-refractivity contribution is -0.645. The zero-order chi connectivity index (χ0) is 26.2. The molecule has 0 radical (unpaired) electrons. The number of hydrogen-bond donors (Lipinski definition) is 2. The second-order valence-corrected chi connectivity index (χ2v) is 9.13. The van der Waals surface area contributed by atoms with Crippen molar-refractivity contribution < 1.29 is 18.7 Å². The number of pyridine rings is 4. The fraction of sp³-hybridized carbons (Fsp3) is 0.0667. The number of fused-ring (bicyclic) bond motifs is 3. The van der Waals surface area contributed by atoms with Crippen molar-refractivity contribution in [1.29, 1.82) is 0 Å². The van der Waals surface area contributed by atoms with Crippen molar-refractivity contribution in [3.63, 3.8) is 0 Å². The summed E-state index contributed by atoms with van der Waals surface area (Å²) in [7, 11) is 3.95. The largest absolute Gasteiger partial charge is 0.321 e. The Labute approximate surface area is 218 Å². The Morgan fingerprint density at radius 2 is 1.08 bits per heavy atom. The van der Waals surface area contributed by atoms with Crippen molar-refractivity contribution >= 4 is 56.0 Å². The highest BCUT2D eigenvalue weighted by atomic mass is 16.2. The molecule has 0 saturated carbocycles. The molecule has 4 heterocycles. The zero-order valence-corrected chi connectivity index (χ0v) is 20.8. The molecule has 0 saturated heterocycles. The number of nitrogens with one attached hydrogen (secondary N) is 2. The molecule has 184 valence electrons. The van der Waals surface area contributed by atoms with Gasteiger partial charge in [0.15, 0.2) is 18.0 Å². The number of rotatable bonds is 4. The van der Waals surface area contributed by atoms with Crippen molar-refractivity contribution in [2.45, 2.75) is 0 Å². The lowest BCUT2D eigenvalue weighted by atomic mass is 10.2. The van der Waals surface area contributed by atoms with E-state index >= 15 is 0 Å². The summed E-state index contributed by atoms with van der Waals surface area (Å²) in [5.74, 6) is -0.708. The fourth-order valence-electron chi connectivity index (χ4n) is 4.53. The SMILES string of the molecule is C[n+]1cccc2cc(NC(=O)c3ccc4ccc(C(=O)Nc5ccc6c(ccc[n+]6C)c5)nc4n3)ccc21. The highest BCUT2D eigenvalue weighted by molar-refractivity contribution is 6.06.